The van der Waals surface area contributed by atoms with Gasteiger partial charge in [0.15, 0.2) is 0 Å². The Bertz CT molecular complexity index is 317. The van der Waals surface area contributed by atoms with Gasteiger partial charge in [0.05, 0.1) is 12.0 Å². The maximum Gasteiger partial charge on any atom is 0.225 e. The summed E-state index contributed by atoms with van der Waals surface area (Å²) in [5.41, 5.74) is 5.66. The van der Waals surface area contributed by atoms with Crippen LogP contribution in [0.3, 0.4) is 0 Å². The summed E-state index contributed by atoms with van der Waals surface area (Å²) in [5, 5.41) is 2.85. The maximum absolute atomic E-state index is 12.1. The minimum atomic E-state index is 0.0167. The number of hydrogen-bond donors (Lipinski definition) is 2. The molecule has 96 valence electrons. The average molecular weight is 239 g/mol. The zero-order valence-corrected chi connectivity index (χ0v) is 10.3. The monoisotopic (exact) mass is 239 g/mol. The van der Waals surface area contributed by atoms with E-state index in [1.54, 1.807) is 0 Å². The van der Waals surface area contributed by atoms with Crippen molar-refractivity contribution in [1.29, 1.82) is 0 Å². The molecule has 3 unspecified atom stereocenters. The van der Waals surface area contributed by atoms with E-state index in [1.807, 2.05) is 11.8 Å². The number of likely N-dealkylation sites (tertiary alicyclic amines) is 1. The van der Waals surface area contributed by atoms with Gasteiger partial charge in [-0.05, 0) is 26.2 Å². The topological polar surface area (TPSA) is 75.4 Å². The Morgan fingerprint density at radius 3 is 3.12 bits per heavy atom. The lowest BCUT2D eigenvalue weighted by molar-refractivity contribution is -0.136. The number of nitrogens with zero attached hydrogens (tertiary/aromatic N) is 1. The van der Waals surface area contributed by atoms with Crippen LogP contribution in [0.4, 0.5) is 0 Å². The molecule has 2 saturated heterocycles. The lowest BCUT2D eigenvalue weighted by Crippen LogP contribution is -2.48. The smallest absolute Gasteiger partial charge is 0.225 e. The van der Waals surface area contributed by atoms with Crippen LogP contribution in [0.5, 0.6) is 0 Å². The highest BCUT2D eigenvalue weighted by atomic mass is 16.2. The number of nitrogens with two attached hydrogens (primary N) is 1. The van der Waals surface area contributed by atoms with E-state index in [-0.39, 0.29) is 29.8 Å². The number of piperidine rings is 1. The third-order valence-corrected chi connectivity index (χ3v) is 3.74. The van der Waals surface area contributed by atoms with Crippen molar-refractivity contribution in [1.82, 2.24) is 10.2 Å². The fourth-order valence-electron chi connectivity index (χ4n) is 2.76. The van der Waals surface area contributed by atoms with E-state index in [1.165, 1.54) is 0 Å². The van der Waals surface area contributed by atoms with Crippen molar-refractivity contribution in [2.75, 3.05) is 13.1 Å². The number of rotatable bonds is 3. The van der Waals surface area contributed by atoms with Crippen LogP contribution >= 0.6 is 0 Å². The molecular weight excluding hydrogens is 218 g/mol. The fraction of sp³-hybridized carbons (Fsp3) is 0.833. The molecule has 2 rings (SSSR count). The molecule has 0 saturated carbocycles. The normalized spacial score (nSPS) is 29.8. The summed E-state index contributed by atoms with van der Waals surface area (Å²) >= 11 is 0. The van der Waals surface area contributed by atoms with Crippen molar-refractivity contribution in [3.8, 4) is 0 Å². The number of nitrogens with one attached hydrogen (secondary N) is 1. The molecule has 3 N–H and O–H groups in total. The first-order valence-corrected chi connectivity index (χ1v) is 6.42. The van der Waals surface area contributed by atoms with Crippen molar-refractivity contribution in [2.45, 2.75) is 44.7 Å². The molecule has 17 heavy (non-hydrogen) atoms. The van der Waals surface area contributed by atoms with Crippen LogP contribution in [-0.4, -0.2) is 41.9 Å². The Hall–Kier alpha value is -1.10. The summed E-state index contributed by atoms with van der Waals surface area (Å²) in [7, 11) is 0. The minimum absolute atomic E-state index is 0.0167. The van der Waals surface area contributed by atoms with Gasteiger partial charge in [-0.25, -0.2) is 0 Å². The number of carbonyl (C=O) groups excluding carboxylic acids is 2. The first-order valence-electron chi connectivity index (χ1n) is 6.42. The van der Waals surface area contributed by atoms with Gasteiger partial charge in [0.1, 0.15) is 0 Å². The van der Waals surface area contributed by atoms with Gasteiger partial charge in [0.25, 0.3) is 0 Å². The van der Waals surface area contributed by atoms with Gasteiger partial charge in [-0.3, -0.25) is 9.59 Å². The van der Waals surface area contributed by atoms with E-state index in [9.17, 15) is 9.59 Å². The van der Waals surface area contributed by atoms with Gasteiger partial charge in [-0.15, -0.1) is 0 Å². The molecular formula is C12H21N3O2. The van der Waals surface area contributed by atoms with E-state index in [2.05, 4.69) is 5.32 Å². The molecule has 2 amide bonds. The van der Waals surface area contributed by atoms with Crippen LogP contribution in [0.15, 0.2) is 0 Å². The Morgan fingerprint density at radius 1 is 1.65 bits per heavy atom. The van der Waals surface area contributed by atoms with Crippen LogP contribution in [0.25, 0.3) is 0 Å². The molecule has 2 heterocycles. The molecule has 0 bridgehead atoms. The van der Waals surface area contributed by atoms with E-state index in [0.717, 1.165) is 19.4 Å². The predicted molar refractivity (Wildman–Crippen MR) is 64.1 cm³/mol. The van der Waals surface area contributed by atoms with E-state index in [4.69, 9.17) is 5.73 Å². The molecule has 2 aliphatic rings. The van der Waals surface area contributed by atoms with Crippen LogP contribution < -0.4 is 11.1 Å². The highest BCUT2D eigenvalue weighted by Crippen LogP contribution is 2.27. The standard InChI is InChI=1S/C12H21N3O2/c1-8(13)4-5-11(16)15-6-2-3-9-10(15)7-14-12(9)17/h8-10H,2-7,13H2,1H3,(H,14,17). The Labute approximate surface area is 102 Å². The van der Waals surface area contributed by atoms with Gasteiger partial charge in [-0.1, -0.05) is 0 Å². The number of hydrogen-bond acceptors (Lipinski definition) is 3. The predicted octanol–water partition coefficient (Wildman–Crippen LogP) is -0.149. The molecule has 0 aliphatic carbocycles. The van der Waals surface area contributed by atoms with Gasteiger partial charge < -0.3 is 16.0 Å². The maximum atomic E-state index is 12.1. The second-order valence-corrected chi connectivity index (χ2v) is 5.16. The van der Waals surface area contributed by atoms with E-state index >= 15 is 0 Å². The first kappa shape index (κ1) is 12.4. The van der Waals surface area contributed by atoms with Crippen LogP contribution in [0, 0.1) is 5.92 Å². The Morgan fingerprint density at radius 2 is 2.41 bits per heavy atom. The molecule has 2 aliphatic heterocycles. The molecule has 2 fully saturated rings. The molecule has 0 radical (unpaired) electrons. The lowest BCUT2D eigenvalue weighted by atomic mass is 9.91. The molecule has 3 atom stereocenters. The fourth-order valence-corrected chi connectivity index (χ4v) is 2.76. The van der Waals surface area contributed by atoms with Gasteiger partial charge >= 0.3 is 0 Å². The molecule has 0 aromatic heterocycles. The van der Waals surface area contributed by atoms with Crippen LogP contribution in [0.2, 0.25) is 0 Å². The minimum Gasteiger partial charge on any atom is -0.354 e. The summed E-state index contributed by atoms with van der Waals surface area (Å²) < 4.78 is 0. The van der Waals surface area contributed by atoms with Crippen molar-refractivity contribution >= 4 is 11.8 Å². The van der Waals surface area contributed by atoms with E-state index < -0.39 is 0 Å². The van der Waals surface area contributed by atoms with Crippen molar-refractivity contribution < 1.29 is 9.59 Å². The highest BCUT2D eigenvalue weighted by Gasteiger charge is 2.42. The molecule has 0 aromatic carbocycles. The van der Waals surface area contributed by atoms with Crippen LogP contribution in [0.1, 0.15) is 32.6 Å². The number of carbonyl (C=O) groups is 2. The van der Waals surface area contributed by atoms with Crippen molar-refractivity contribution in [3.63, 3.8) is 0 Å². The second-order valence-electron chi connectivity index (χ2n) is 5.16. The SMILES string of the molecule is CC(N)CCC(=O)N1CCCC2C(=O)NCC21. The van der Waals surface area contributed by atoms with Crippen molar-refractivity contribution in [2.24, 2.45) is 11.7 Å². The highest BCUT2D eigenvalue weighted by molar-refractivity contribution is 5.84. The summed E-state index contributed by atoms with van der Waals surface area (Å²) in [5.74, 6) is 0.274. The van der Waals surface area contributed by atoms with Crippen molar-refractivity contribution in [3.05, 3.63) is 0 Å². The molecule has 5 heteroatoms. The van der Waals surface area contributed by atoms with E-state index in [0.29, 0.717) is 19.4 Å². The molecule has 0 spiro atoms. The third kappa shape index (κ3) is 2.60. The second kappa shape index (κ2) is 5.04. The van der Waals surface area contributed by atoms with Gasteiger partial charge in [0.2, 0.25) is 11.8 Å². The van der Waals surface area contributed by atoms with Gasteiger partial charge in [-0.2, -0.15) is 0 Å². The third-order valence-electron chi connectivity index (χ3n) is 3.74. The van der Waals surface area contributed by atoms with Gasteiger partial charge in [0, 0.05) is 25.6 Å². The average Bonchev–Trinajstić information content (AvgIpc) is 2.68. The number of amides is 2. The Balaban J connectivity index is 1.95. The largest absolute Gasteiger partial charge is 0.354 e. The first-order chi connectivity index (χ1) is 8.09. The zero-order chi connectivity index (χ0) is 12.4. The quantitative estimate of drug-likeness (QED) is 0.719. The molecule has 5 nitrogen and oxygen atoms in total. The molecule has 0 aromatic rings. The summed E-state index contributed by atoms with van der Waals surface area (Å²) in [6, 6.07) is 0.139. The van der Waals surface area contributed by atoms with Crippen LogP contribution in [-0.2, 0) is 9.59 Å². The summed E-state index contributed by atoms with van der Waals surface area (Å²) in [6.45, 7) is 3.31. The lowest BCUT2D eigenvalue weighted by Gasteiger charge is -2.36. The summed E-state index contributed by atoms with van der Waals surface area (Å²) in [6.07, 6.45) is 3.05. The summed E-state index contributed by atoms with van der Waals surface area (Å²) in [4.78, 5) is 25.5. The Kier molecular flexibility index (Phi) is 3.66. The zero-order valence-electron chi connectivity index (χ0n) is 10.3. The number of fused-ring (bicyclic) bond motifs is 1.